The summed E-state index contributed by atoms with van der Waals surface area (Å²) in [6, 6.07) is 7.44. The van der Waals surface area contributed by atoms with Gasteiger partial charge in [0.05, 0.1) is 0 Å². The van der Waals surface area contributed by atoms with Crippen LogP contribution in [0.3, 0.4) is 0 Å². The van der Waals surface area contributed by atoms with Gasteiger partial charge in [-0.2, -0.15) is 0 Å². The van der Waals surface area contributed by atoms with E-state index in [9.17, 15) is 30.0 Å². The molecule has 4 N–H and O–H groups in total. The Labute approximate surface area is 269 Å². The number of hydrogen-bond donors (Lipinski definition) is 4. The van der Waals surface area contributed by atoms with Crippen LogP contribution in [-0.4, -0.2) is 44.6 Å². The van der Waals surface area contributed by atoms with Crippen molar-refractivity contribution in [1.29, 1.82) is 0 Å². The molecule has 0 radical (unpaired) electrons. The Morgan fingerprint density at radius 3 is 1.64 bits per heavy atom. The first-order valence-electron chi connectivity index (χ1n) is 17.1. The second-order valence-electron chi connectivity index (χ2n) is 12.3. The number of unbranched alkanes of at least 4 members (excludes halogenated alkanes) is 8. The summed E-state index contributed by atoms with van der Waals surface area (Å²) >= 11 is 0. The lowest BCUT2D eigenvalue weighted by atomic mass is 9.98. The van der Waals surface area contributed by atoms with Gasteiger partial charge in [-0.05, 0) is 93.5 Å². The van der Waals surface area contributed by atoms with Crippen LogP contribution in [0, 0.1) is 0 Å². The van der Waals surface area contributed by atoms with E-state index in [1.807, 2.05) is 0 Å². The Bertz CT molecular complexity index is 1140. The molecule has 2 aromatic rings. The maximum Gasteiger partial charge on any atom is 0.342 e. The number of phenolic OH excluding ortho intramolecular Hbond substituents is 4. The number of hydrogen-bond acceptors (Lipinski definition) is 8. The van der Waals surface area contributed by atoms with Gasteiger partial charge >= 0.3 is 11.9 Å². The summed E-state index contributed by atoms with van der Waals surface area (Å²) in [6.45, 7) is 5.60. The normalized spacial score (nSPS) is 12.5. The molecule has 0 saturated heterocycles. The fraction of sp³-hybridized carbons (Fsp3) is 0.622. The predicted molar refractivity (Wildman–Crippen MR) is 177 cm³/mol. The van der Waals surface area contributed by atoms with E-state index in [1.165, 1.54) is 19.1 Å². The average Bonchev–Trinajstić information content (AvgIpc) is 2.95. The molecule has 0 amide bonds. The SMILES string of the molecule is CCC[C@H](CCCCCCCc1cc(O)cc(O)c1C(=O)O[C@@H](CCC)CCCCCCCc1cc(O)cc(O)c1)OC(C)=O. The number of aryl methyl sites for hydroxylation is 2. The topological polar surface area (TPSA) is 134 Å². The van der Waals surface area contributed by atoms with Gasteiger partial charge in [-0.15, -0.1) is 0 Å². The zero-order valence-corrected chi connectivity index (χ0v) is 27.7. The fourth-order valence-corrected chi connectivity index (χ4v) is 5.97. The van der Waals surface area contributed by atoms with Gasteiger partial charge in [-0.3, -0.25) is 4.79 Å². The molecule has 0 aliphatic rings. The van der Waals surface area contributed by atoms with Crippen molar-refractivity contribution in [3.8, 4) is 23.0 Å². The summed E-state index contributed by atoms with van der Waals surface area (Å²) in [4.78, 5) is 24.6. The number of benzene rings is 2. The van der Waals surface area contributed by atoms with Crippen molar-refractivity contribution < 1.29 is 39.5 Å². The van der Waals surface area contributed by atoms with Gasteiger partial charge in [-0.25, -0.2) is 4.79 Å². The van der Waals surface area contributed by atoms with Crippen molar-refractivity contribution >= 4 is 11.9 Å². The standard InChI is InChI=1S/C37H56O8/c1-4-16-33(44-27(3)38)20-14-11-7-9-13-19-29-24-32(41)26-35(42)36(29)37(43)45-34(17-5-2)21-15-10-6-8-12-18-28-22-30(39)25-31(40)23-28/h22-26,33-34,39-42H,4-21H2,1-3H3/t33-,34+/m1/s1. The summed E-state index contributed by atoms with van der Waals surface area (Å²) < 4.78 is 11.3. The van der Waals surface area contributed by atoms with Gasteiger partial charge in [0.2, 0.25) is 0 Å². The summed E-state index contributed by atoms with van der Waals surface area (Å²) in [6.07, 6.45) is 16.0. The summed E-state index contributed by atoms with van der Waals surface area (Å²) in [5.74, 6) is -0.931. The second-order valence-corrected chi connectivity index (χ2v) is 12.3. The lowest BCUT2D eigenvalue weighted by Gasteiger charge is -2.19. The van der Waals surface area contributed by atoms with E-state index in [1.54, 1.807) is 18.2 Å². The molecular formula is C37H56O8. The van der Waals surface area contributed by atoms with E-state index in [2.05, 4.69) is 13.8 Å². The lowest BCUT2D eigenvalue weighted by Crippen LogP contribution is -2.19. The van der Waals surface area contributed by atoms with Crippen molar-refractivity contribution in [1.82, 2.24) is 0 Å². The number of esters is 2. The second kappa shape index (κ2) is 21.3. The van der Waals surface area contributed by atoms with Gasteiger partial charge in [0.1, 0.15) is 40.8 Å². The van der Waals surface area contributed by atoms with Gasteiger partial charge < -0.3 is 29.9 Å². The molecule has 2 atom stereocenters. The molecule has 8 nitrogen and oxygen atoms in total. The van der Waals surface area contributed by atoms with Crippen molar-refractivity contribution in [2.45, 2.75) is 149 Å². The first-order chi connectivity index (χ1) is 21.6. The molecule has 2 aromatic carbocycles. The number of ether oxygens (including phenoxy) is 2. The Balaban J connectivity index is 1.78. The van der Waals surface area contributed by atoms with Gasteiger partial charge in [-0.1, -0.05) is 65.2 Å². The molecule has 0 aliphatic heterocycles. The first kappa shape index (κ1) is 37.8. The highest BCUT2D eigenvalue weighted by atomic mass is 16.5. The van der Waals surface area contributed by atoms with E-state index in [-0.39, 0.29) is 46.7 Å². The third-order valence-electron chi connectivity index (χ3n) is 8.14. The molecule has 252 valence electrons. The van der Waals surface area contributed by atoms with Crippen LogP contribution in [0.2, 0.25) is 0 Å². The average molecular weight is 629 g/mol. The maximum absolute atomic E-state index is 13.3. The van der Waals surface area contributed by atoms with Gasteiger partial charge in [0.25, 0.3) is 0 Å². The van der Waals surface area contributed by atoms with Crippen LogP contribution in [0.1, 0.15) is 145 Å². The van der Waals surface area contributed by atoms with Crippen molar-refractivity contribution in [2.24, 2.45) is 0 Å². The molecule has 0 unspecified atom stereocenters. The van der Waals surface area contributed by atoms with Crippen molar-refractivity contribution in [3.63, 3.8) is 0 Å². The quantitative estimate of drug-likeness (QED) is 0.0707. The molecule has 8 heteroatoms. The number of carbonyl (C=O) groups excluding carboxylic acids is 2. The Morgan fingerprint density at radius 2 is 1.09 bits per heavy atom. The summed E-state index contributed by atoms with van der Waals surface area (Å²) in [5.41, 5.74) is 1.68. The molecule has 0 aromatic heterocycles. The molecule has 0 saturated carbocycles. The minimum absolute atomic E-state index is 0.00772. The van der Waals surface area contributed by atoms with Crippen LogP contribution < -0.4 is 0 Å². The smallest absolute Gasteiger partial charge is 0.342 e. The minimum Gasteiger partial charge on any atom is -0.508 e. The molecule has 2 rings (SSSR count). The van der Waals surface area contributed by atoms with E-state index >= 15 is 0 Å². The monoisotopic (exact) mass is 628 g/mol. The van der Waals surface area contributed by atoms with Crippen LogP contribution in [0.15, 0.2) is 30.3 Å². The van der Waals surface area contributed by atoms with Crippen LogP contribution in [0.5, 0.6) is 23.0 Å². The molecule has 0 heterocycles. The highest BCUT2D eigenvalue weighted by Gasteiger charge is 2.22. The highest BCUT2D eigenvalue weighted by molar-refractivity contribution is 5.94. The number of rotatable bonds is 23. The Morgan fingerprint density at radius 1 is 0.600 bits per heavy atom. The number of carbonyl (C=O) groups is 2. The largest absolute Gasteiger partial charge is 0.508 e. The summed E-state index contributed by atoms with van der Waals surface area (Å²) in [7, 11) is 0. The van der Waals surface area contributed by atoms with Crippen molar-refractivity contribution in [3.05, 3.63) is 47.0 Å². The Hall–Kier alpha value is -3.42. The molecular weight excluding hydrogens is 572 g/mol. The van der Waals surface area contributed by atoms with Crippen LogP contribution in [-0.2, 0) is 27.1 Å². The third kappa shape index (κ3) is 15.4. The Kier molecular flexibility index (Phi) is 17.9. The maximum atomic E-state index is 13.3. The first-order valence-corrected chi connectivity index (χ1v) is 17.1. The third-order valence-corrected chi connectivity index (χ3v) is 8.14. The van der Waals surface area contributed by atoms with Gasteiger partial charge in [0, 0.05) is 19.1 Å². The van der Waals surface area contributed by atoms with E-state index < -0.39 is 5.97 Å². The molecule has 0 spiro atoms. The van der Waals surface area contributed by atoms with Crippen LogP contribution in [0.25, 0.3) is 0 Å². The molecule has 45 heavy (non-hydrogen) atoms. The number of phenols is 4. The summed E-state index contributed by atoms with van der Waals surface area (Å²) in [5, 5.41) is 40.0. The van der Waals surface area contributed by atoms with Crippen molar-refractivity contribution in [2.75, 3.05) is 0 Å². The minimum atomic E-state index is -0.539. The molecule has 0 fully saturated rings. The number of aromatic hydroxyl groups is 4. The van der Waals surface area contributed by atoms with Gasteiger partial charge in [0.15, 0.2) is 0 Å². The fourth-order valence-electron chi connectivity index (χ4n) is 5.97. The highest BCUT2D eigenvalue weighted by Crippen LogP contribution is 2.30. The predicted octanol–water partition coefficient (Wildman–Crippen LogP) is 9.03. The van der Waals surface area contributed by atoms with Crippen LogP contribution >= 0.6 is 0 Å². The van der Waals surface area contributed by atoms with Crippen LogP contribution in [0.4, 0.5) is 0 Å². The molecule has 0 aliphatic carbocycles. The molecule has 0 bridgehead atoms. The lowest BCUT2D eigenvalue weighted by molar-refractivity contribution is -0.147. The van der Waals surface area contributed by atoms with E-state index in [0.717, 1.165) is 115 Å². The van der Waals surface area contributed by atoms with E-state index in [0.29, 0.717) is 12.0 Å². The van der Waals surface area contributed by atoms with E-state index in [4.69, 9.17) is 9.47 Å². The zero-order valence-electron chi connectivity index (χ0n) is 27.7. The zero-order chi connectivity index (χ0) is 33.0.